The van der Waals surface area contributed by atoms with E-state index in [1.807, 2.05) is 6.92 Å². The molecule has 1 saturated heterocycles. The van der Waals surface area contributed by atoms with Crippen molar-refractivity contribution in [1.82, 2.24) is 4.31 Å². The minimum absolute atomic E-state index is 0.0681. The molecule has 1 fully saturated rings. The number of morpholine rings is 1. The van der Waals surface area contributed by atoms with Crippen molar-refractivity contribution in [3.8, 4) is 0 Å². The normalized spacial score (nSPS) is 21.4. The average molecular weight is 305 g/mol. The maximum absolute atomic E-state index is 12.4. The summed E-state index contributed by atoms with van der Waals surface area (Å²) in [7, 11) is -3.75. The second kappa shape index (κ2) is 5.58. The lowest BCUT2D eigenvalue weighted by Gasteiger charge is -2.31. The van der Waals surface area contributed by atoms with Crippen LogP contribution in [0.3, 0.4) is 0 Å². The lowest BCUT2D eigenvalue weighted by molar-refractivity contribution is -0.146. The Balaban J connectivity index is 2.34. The number of hydrogen-bond acceptors (Lipinski definition) is 5. The summed E-state index contributed by atoms with van der Waals surface area (Å²) >= 11 is 1.18. The molecule has 0 aliphatic carbocycles. The summed E-state index contributed by atoms with van der Waals surface area (Å²) in [5.74, 6) is -1.18. The topological polar surface area (TPSA) is 83.9 Å². The first kappa shape index (κ1) is 14.4. The van der Waals surface area contributed by atoms with Crippen molar-refractivity contribution in [3.05, 3.63) is 17.0 Å². The van der Waals surface area contributed by atoms with Crippen LogP contribution in [0.2, 0.25) is 0 Å². The molecule has 8 heteroatoms. The Labute approximate surface area is 115 Å². The molecule has 0 radical (unpaired) electrons. The molecule has 1 aliphatic heterocycles. The van der Waals surface area contributed by atoms with Crippen LogP contribution >= 0.6 is 11.3 Å². The van der Waals surface area contributed by atoms with Gasteiger partial charge in [0.1, 0.15) is 10.3 Å². The first-order chi connectivity index (χ1) is 8.96. The van der Waals surface area contributed by atoms with Gasteiger partial charge >= 0.3 is 5.97 Å². The molecule has 1 N–H and O–H groups in total. The van der Waals surface area contributed by atoms with E-state index >= 15 is 0 Å². The Kier molecular flexibility index (Phi) is 4.24. The third kappa shape index (κ3) is 2.81. The zero-order valence-corrected chi connectivity index (χ0v) is 12.0. The number of aliphatic carboxylic acids is 1. The number of hydrogen-bond donors (Lipinski definition) is 1. The third-order valence-electron chi connectivity index (χ3n) is 2.91. The summed E-state index contributed by atoms with van der Waals surface area (Å²) in [5.41, 5.74) is 0. The maximum Gasteiger partial charge on any atom is 0.324 e. The van der Waals surface area contributed by atoms with Crippen LogP contribution in [0.1, 0.15) is 11.8 Å². The lowest BCUT2D eigenvalue weighted by Crippen LogP contribution is -2.52. The van der Waals surface area contributed by atoms with Crippen LogP contribution in [0.5, 0.6) is 0 Å². The van der Waals surface area contributed by atoms with Crippen LogP contribution in [-0.4, -0.2) is 49.6 Å². The number of carboxylic acid groups (broad SMARTS) is 1. The molecular formula is C11H15NO5S2. The van der Waals surface area contributed by atoms with E-state index in [2.05, 4.69) is 0 Å². The first-order valence-corrected chi connectivity index (χ1v) is 8.13. The van der Waals surface area contributed by atoms with Gasteiger partial charge in [-0.25, -0.2) is 8.42 Å². The Morgan fingerprint density at radius 2 is 2.32 bits per heavy atom. The van der Waals surface area contributed by atoms with E-state index in [1.165, 1.54) is 17.4 Å². The van der Waals surface area contributed by atoms with Crippen molar-refractivity contribution in [1.29, 1.82) is 0 Å². The van der Waals surface area contributed by atoms with Crippen molar-refractivity contribution < 1.29 is 23.1 Å². The summed E-state index contributed by atoms with van der Waals surface area (Å²) < 4.78 is 31.2. The predicted octanol–water partition coefficient (Wildman–Crippen LogP) is 0.785. The molecule has 0 saturated carbocycles. The van der Waals surface area contributed by atoms with Crippen molar-refractivity contribution in [2.24, 2.45) is 0 Å². The average Bonchev–Trinajstić information content (AvgIpc) is 2.88. The van der Waals surface area contributed by atoms with Gasteiger partial charge in [-0.2, -0.15) is 4.31 Å². The highest BCUT2D eigenvalue weighted by Crippen LogP contribution is 2.27. The Hall–Kier alpha value is -0.960. The van der Waals surface area contributed by atoms with Gasteiger partial charge in [0.15, 0.2) is 0 Å². The molecule has 19 heavy (non-hydrogen) atoms. The van der Waals surface area contributed by atoms with E-state index in [9.17, 15) is 13.2 Å². The number of sulfonamides is 1. The number of aryl methyl sites for hydroxylation is 1. The van der Waals surface area contributed by atoms with Crippen molar-refractivity contribution in [3.63, 3.8) is 0 Å². The summed E-state index contributed by atoms with van der Waals surface area (Å²) in [6.45, 7) is 2.12. The largest absolute Gasteiger partial charge is 0.480 e. The van der Waals surface area contributed by atoms with E-state index < -0.39 is 22.0 Å². The molecule has 0 spiro atoms. The van der Waals surface area contributed by atoms with E-state index in [0.29, 0.717) is 0 Å². The standard InChI is InChI=1S/C11H15NO5S2/c1-2-8-3-4-10(18-8)19(15,16)12-5-6-17-7-9(12)11(13)14/h3-4,9H,2,5-7H2,1H3,(H,13,14). The molecule has 1 aliphatic rings. The Morgan fingerprint density at radius 1 is 1.58 bits per heavy atom. The van der Waals surface area contributed by atoms with Gasteiger partial charge in [-0.15, -0.1) is 11.3 Å². The van der Waals surface area contributed by atoms with Crippen molar-refractivity contribution in [2.45, 2.75) is 23.6 Å². The molecule has 0 aromatic carbocycles. The molecule has 2 heterocycles. The lowest BCUT2D eigenvalue weighted by atomic mass is 10.3. The summed E-state index contributed by atoms with van der Waals surface area (Å²) in [5, 5.41) is 9.09. The second-order valence-electron chi connectivity index (χ2n) is 4.12. The number of carbonyl (C=O) groups is 1. The van der Waals surface area contributed by atoms with Gasteiger partial charge in [-0.1, -0.05) is 6.92 Å². The molecule has 0 bridgehead atoms. The first-order valence-electron chi connectivity index (χ1n) is 5.88. The predicted molar refractivity (Wildman–Crippen MR) is 69.8 cm³/mol. The molecule has 0 amide bonds. The van der Waals surface area contributed by atoms with Gasteiger partial charge in [0, 0.05) is 11.4 Å². The van der Waals surface area contributed by atoms with Crippen molar-refractivity contribution in [2.75, 3.05) is 19.8 Å². The second-order valence-corrected chi connectivity index (χ2v) is 7.40. The molecule has 1 aromatic rings. The minimum atomic E-state index is -3.75. The minimum Gasteiger partial charge on any atom is -0.480 e. The van der Waals surface area contributed by atoms with E-state index in [4.69, 9.17) is 9.84 Å². The Morgan fingerprint density at radius 3 is 2.89 bits per heavy atom. The monoisotopic (exact) mass is 305 g/mol. The zero-order valence-electron chi connectivity index (χ0n) is 10.4. The summed E-state index contributed by atoms with van der Waals surface area (Å²) in [6, 6.07) is 2.15. The smallest absolute Gasteiger partial charge is 0.324 e. The van der Waals surface area contributed by atoms with Crippen LogP contribution in [0.4, 0.5) is 0 Å². The third-order valence-corrected chi connectivity index (χ3v) is 6.52. The highest BCUT2D eigenvalue weighted by Gasteiger charge is 2.38. The van der Waals surface area contributed by atoms with Gasteiger partial charge in [0.2, 0.25) is 0 Å². The van der Waals surface area contributed by atoms with Gasteiger partial charge in [-0.05, 0) is 18.6 Å². The molecule has 2 rings (SSSR count). The summed E-state index contributed by atoms with van der Waals surface area (Å²) in [4.78, 5) is 12.1. The van der Waals surface area contributed by atoms with Gasteiger partial charge in [0.05, 0.1) is 13.2 Å². The van der Waals surface area contributed by atoms with Gasteiger partial charge in [-0.3, -0.25) is 4.79 Å². The van der Waals surface area contributed by atoms with Crippen LogP contribution in [0, 0.1) is 0 Å². The van der Waals surface area contributed by atoms with Crippen LogP contribution in [-0.2, 0) is 26.0 Å². The zero-order chi connectivity index (χ0) is 14.0. The molecule has 6 nitrogen and oxygen atoms in total. The number of nitrogens with zero attached hydrogens (tertiary/aromatic N) is 1. The quantitative estimate of drug-likeness (QED) is 0.889. The number of thiophene rings is 1. The number of ether oxygens (including phenoxy) is 1. The fraction of sp³-hybridized carbons (Fsp3) is 0.545. The summed E-state index contributed by atoms with van der Waals surface area (Å²) in [6.07, 6.45) is 0.756. The highest BCUT2D eigenvalue weighted by molar-refractivity contribution is 7.91. The maximum atomic E-state index is 12.4. The molecule has 1 aromatic heterocycles. The number of rotatable bonds is 4. The van der Waals surface area contributed by atoms with E-state index in [0.717, 1.165) is 15.6 Å². The fourth-order valence-electron chi connectivity index (χ4n) is 1.87. The van der Waals surface area contributed by atoms with Crippen molar-refractivity contribution >= 4 is 27.3 Å². The number of carboxylic acids is 1. The fourth-order valence-corrected chi connectivity index (χ4v) is 4.85. The van der Waals surface area contributed by atoms with E-state index in [-0.39, 0.29) is 24.0 Å². The highest BCUT2D eigenvalue weighted by atomic mass is 32.2. The Bertz CT molecular complexity index is 565. The van der Waals surface area contributed by atoms with Gasteiger partial charge in [0.25, 0.3) is 10.0 Å². The van der Waals surface area contributed by atoms with Crippen LogP contribution < -0.4 is 0 Å². The SMILES string of the molecule is CCc1ccc(S(=O)(=O)N2CCOCC2C(=O)O)s1. The molecule has 1 atom stereocenters. The van der Waals surface area contributed by atoms with Crippen LogP contribution in [0.25, 0.3) is 0 Å². The molecular weight excluding hydrogens is 290 g/mol. The van der Waals surface area contributed by atoms with Gasteiger partial charge < -0.3 is 9.84 Å². The van der Waals surface area contributed by atoms with Crippen LogP contribution in [0.15, 0.2) is 16.3 Å². The molecule has 1 unspecified atom stereocenters. The molecule has 106 valence electrons. The van der Waals surface area contributed by atoms with E-state index in [1.54, 1.807) is 6.07 Å².